The van der Waals surface area contributed by atoms with Crippen molar-refractivity contribution in [1.29, 1.82) is 0 Å². The first kappa shape index (κ1) is 20.8. The van der Waals surface area contributed by atoms with Crippen LogP contribution >= 0.6 is 0 Å². The lowest BCUT2D eigenvalue weighted by atomic mass is 10.1. The van der Waals surface area contributed by atoms with Gasteiger partial charge in [-0.05, 0) is 29.3 Å². The molecule has 2 aromatic rings. The molecular weight excluding hydrogens is 400 g/mol. The smallest absolute Gasteiger partial charge is 0.231 e. The molecule has 2 heterocycles. The number of sulfonamides is 1. The van der Waals surface area contributed by atoms with Gasteiger partial charge in [0.05, 0.1) is 12.7 Å². The predicted octanol–water partition coefficient (Wildman–Crippen LogP) is 1.76. The van der Waals surface area contributed by atoms with Crippen molar-refractivity contribution in [2.45, 2.75) is 13.0 Å². The first-order valence-corrected chi connectivity index (χ1v) is 12.2. The van der Waals surface area contributed by atoms with E-state index in [-0.39, 0.29) is 5.91 Å². The zero-order valence-corrected chi connectivity index (χ0v) is 18.1. The lowest BCUT2D eigenvalue weighted by molar-refractivity contribution is -0.117. The Hall–Kier alpha value is -2.42. The lowest BCUT2D eigenvalue weighted by Gasteiger charge is -2.35. The van der Waals surface area contributed by atoms with Crippen molar-refractivity contribution in [3.8, 4) is 0 Å². The number of benzene rings is 2. The van der Waals surface area contributed by atoms with E-state index in [0.717, 1.165) is 56.8 Å². The van der Waals surface area contributed by atoms with E-state index in [4.69, 9.17) is 0 Å². The van der Waals surface area contributed by atoms with E-state index in [1.807, 2.05) is 17.0 Å². The second-order valence-corrected chi connectivity index (χ2v) is 9.79. The number of carbonyl (C=O) groups is 1. The van der Waals surface area contributed by atoms with E-state index in [1.54, 1.807) is 12.1 Å². The third kappa shape index (κ3) is 5.19. The van der Waals surface area contributed by atoms with Crippen molar-refractivity contribution in [3.63, 3.8) is 0 Å². The van der Waals surface area contributed by atoms with Gasteiger partial charge in [0.25, 0.3) is 0 Å². The fourth-order valence-electron chi connectivity index (χ4n) is 4.16. The number of nitrogens with one attached hydrogen (secondary N) is 1. The van der Waals surface area contributed by atoms with Gasteiger partial charge in [-0.3, -0.25) is 19.3 Å². The Balaban J connectivity index is 1.29. The van der Waals surface area contributed by atoms with Crippen molar-refractivity contribution in [2.24, 2.45) is 0 Å². The van der Waals surface area contributed by atoms with Crippen LogP contribution in [0.3, 0.4) is 0 Å². The Kier molecular flexibility index (Phi) is 6.08. The number of fused-ring (bicyclic) bond motifs is 1. The minimum Gasteiger partial charge on any atom is -0.311 e. The van der Waals surface area contributed by atoms with E-state index >= 15 is 0 Å². The Bertz CT molecular complexity index is 1000. The van der Waals surface area contributed by atoms with Gasteiger partial charge in [-0.1, -0.05) is 30.3 Å². The van der Waals surface area contributed by atoms with Gasteiger partial charge in [0.2, 0.25) is 15.9 Å². The number of anilines is 2. The van der Waals surface area contributed by atoms with Crippen molar-refractivity contribution >= 4 is 27.3 Å². The van der Waals surface area contributed by atoms with Crippen LogP contribution in [0, 0.1) is 0 Å². The summed E-state index contributed by atoms with van der Waals surface area (Å²) in [6, 6.07) is 15.9. The van der Waals surface area contributed by atoms with Crippen LogP contribution < -0.4 is 9.62 Å². The fourth-order valence-corrected chi connectivity index (χ4v) is 4.72. The van der Waals surface area contributed by atoms with Gasteiger partial charge in [-0.15, -0.1) is 0 Å². The molecule has 0 saturated carbocycles. The Labute approximate surface area is 178 Å². The van der Waals surface area contributed by atoms with E-state index in [0.29, 0.717) is 18.7 Å². The second kappa shape index (κ2) is 8.75. The van der Waals surface area contributed by atoms with Crippen LogP contribution in [0.1, 0.15) is 11.1 Å². The maximum atomic E-state index is 12.5. The molecule has 1 N–H and O–H groups in total. The standard InChI is InChI=1S/C22H28N4O3S/c1-30(28,29)23-20-7-8-21-19(15-20)16-22(27)26(21)14-13-24-9-11-25(12-10-24)17-18-5-3-2-4-6-18/h2-8,15,23H,9-14,16-17H2,1H3. The Morgan fingerprint density at radius 2 is 1.63 bits per heavy atom. The summed E-state index contributed by atoms with van der Waals surface area (Å²) < 4.78 is 25.3. The third-order valence-electron chi connectivity index (χ3n) is 5.67. The van der Waals surface area contributed by atoms with Gasteiger partial charge in [0.15, 0.2) is 0 Å². The molecule has 0 radical (unpaired) electrons. The first-order valence-electron chi connectivity index (χ1n) is 10.3. The molecule has 30 heavy (non-hydrogen) atoms. The highest BCUT2D eigenvalue weighted by molar-refractivity contribution is 7.92. The van der Waals surface area contributed by atoms with Crippen LogP contribution in [0.4, 0.5) is 11.4 Å². The highest BCUT2D eigenvalue weighted by Gasteiger charge is 2.28. The van der Waals surface area contributed by atoms with Gasteiger partial charge in [-0.2, -0.15) is 0 Å². The largest absolute Gasteiger partial charge is 0.311 e. The van der Waals surface area contributed by atoms with Crippen LogP contribution in [-0.2, 0) is 27.8 Å². The normalized spacial score (nSPS) is 17.9. The third-order valence-corrected chi connectivity index (χ3v) is 6.28. The summed E-state index contributed by atoms with van der Waals surface area (Å²) in [7, 11) is -3.33. The van der Waals surface area contributed by atoms with Crippen LogP contribution in [0.15, 0.2) is 48.5 Å². The monoisotopic (exact) mass is 428 g/mol. The summed E-state index contributed by atoms with van der Waals surface area (Å²) in [5.74, 6) is 0.0734. The molecule has 8 heteroatoms. The summed E-state index contributed by atoms with van der Waals surface area (Å²) >= 11 is 0. The molecule has 0 bridgehead atoms. The molecular formula is C22H28N4O3S. The van der Waals surface area contributed by atoms with Crippen LogP contribution in [0.5, 0.6) is 0 Å². The number of carbonyl (C=O) groups excluding carboxylic acids is 1. The van der Waals surface area contributed by atoms with Crippen molar-refractivity contribution in [1.82, 2.24) is 9.80 Å². The highest BCUT2D eigenvalue weighted by atomic mass is 32.2. The first-order chi connectivity index (χ1) is 14.4. The van der Waals surface area contributed by atoms with Gasteiger partial charge in [-0.25, -0.2) is 8.42 Å². The van der Waals surface area contributed by atoms with Crippen LogP contribution in [-0.4, -0.2) is 69.6 Å². The molecule has 0 aromatic heterocycles. The molecule has 4 rings (SSSR count). The molecule has 1 fully saturated rings. The number of amides is 1. The quantitative estimate of drug-likeness (QED) is 0.728. The molecule has 1 amide bonds. The van der Waals surface area contributed by atoms with E-state index in [9.17, 15) is 13.2 Å². The number of rotatable bonds is 7. The summed E-state index contributed by atoms with van der Waals surface area (Å²) in [5.41, 5.74) is 3.61. The zero-order chi connectivity index (χ0) is 21.1. The molecule has 2 aromatic carbocycles. The average molecular weight is 429 g/mol. The molecule has 7 nitrogen and oxygen atoms in total. The summed E-state index contributed by atoms with van der Waals surface area (Å²) in [6.45, 7) is 6.53. The maximum Gasteiger partial charge on any atom is 0.231 e. The Morgan fingerprint density at radius 1 is 0.933 bits per heavy atom. The molecule has 0 spiro atoms. The molecule has 1 saturated heterocycles. The zero-order valence-electron chi connectivity index (χ0n) is 17.3. The summed E-state index contributed by atoms with van der Waals surface area (Å²) in [5, 5.41) is 0. The Morgan fingerprint density at radius 3 is 2.33 bits per heavy atom. The predicted molar refractivity (Wildman–Crippen MR) is 119 cm³/mol. The highest BCUT2D eigenvalue weighted by Crippen LogP contribution is 2.31. The minimum atomic E-state index is -3.33. The molecule has 2 aliphatic heterocycles. The lowest BCUT2D eigenvalue weighted by Crippen LogP contribution is -2.48. The van der Waals surface area contributed by atoms with Crippen molar-refractivity contribution in [2.75, 3.05) is 55.1 Å². The van der Waals surface area contributed by atoms with Crippen molar-refractivity contribution in [3.05, 3.63) is 59.7 Å². The number of hydrogen-bond donors (Lipinski definition) is 1. The van der Waals surface area contributed by atoms with Gasteiger partial charge < -0.3 is 4.90 Å². The van der Waals surface area contributed by atoms with Gasteiger partial charge >= 0.3 is 0 Å². The van der Waals surface area contributed by atoms with Gasteiger partial charge in [0.1, 0.15) is 0 Å². The van der Waals surface area contributed by atoms with E-state index in [1.165, 1.54) is 5.56 Å². The van der Waals surface area contributed by atoms with E-state index < -0.39 is 10.0 Å². The SMILES string of the molecule is CS(=O)(=O)Nc1ccc2c(c1)CC(=O)N2CCN1CCN(Cc2ccccc2)CC1. The fraction of sp³-hybridized carbons (Fsp3) is 0.409. The molecule has 0 unspecified atom stereocenters. The van der Waals surface area contributed by atoms with E-state index in [2.05, 4.69) is 38.8 Å². The summed E-state index contributed by atoms with van der Waals surface area (Å²) in [6.07, 6.45) is 1.44. The van der Waals surface area contributed by atoms with Crippen LogP contribution in [0.25, 0.3) is 0 Å². The molecule has 0 atom stereocenters. The second-order valence-electron chi connectivity index (χ2n) is 8.04. The summed E-state index contributed by atoms with van der Waals surface area (Å²) in [4.78, 5) is 19.2. The minimum absolute atomic E-state index is 0.0734. The van der Waals surface area contributed by atoms with Crippen molar-refractivity contribution < 1.29 is 13.2 Å². The van der Waals surface area contributed by atoms with Crippen LogP contribution in [0.2, 0.25) is 0 Å². The van der Waals surface area contributed by atoms with Gasteiger partial charge in [0, 0.05) is 57.2 Å². The molecule has 2 aliphatic rings. The molecule has 0 aliphatic carbocycles. The number of hydrogen-bond acceptors (Lipinski definition) is 5. The average Bonchev–Trinajstić information content (AvgIpc) is 3.01. The number of piperazine rings is 1. The maximum absolute atomic E-state index is 12.5. The topological polar surface area (TPSA) is 73.0 Å². The molecule has 160 valence electrons. The number of nitrogens with zero attached hydrogens (tertiary/aromatic N) is 3.